The predicted molar refractivity (Wildman–Crippen MR) is 172 cm³/mol. The fraction of sp³-hybridized carbons (Fsp3) is 0. The van der Waals surface area contributed by atoms with Crippen LogP contribution in [0.15, 0.2) is 146 Å². The smallest absolute Gasteiger partial charge is 0.131 e. The van der Waals surface area contributed by atoms with Crippen LogP contribution in [0.1, 0.15) is 0 Å². The molecule has 194 valence electrons. The van der Waals surface area contributed by atoms with Gasteiger partial charge in [-0.3, -0.25) is 0 Å². The number of benzene rings is 6. The van der Waals surface area contributed by atoms with Crippen LogP contribution in [0.3, 0.4) is 0 Å². The maximum absolute atomic E-state index is 13.4. The van der Waals surface area contributed by atoms with Gasteiger partial charge in [-0.05, 0) is 68.8 Å². The molecule has 0 amide bonds. The lowest BCUT2D eigenvalue weighted by atomic mass is 10.00. The van der Waals surface area contributed by atoms with E-state index in [4.69, 9.17) is 11.5 Å². The van der Waals surface area contributed by atoms with Crippen LogP contribution < -0.4 is 22.1 Å². The topological polar surface area (TPSA) is 69.1 Å². The molecule has 4 N–H and O–H groups in total. The normalized spacial score (nSPS) is 11.0. The maximum Gasteiger partial charge on any atom is 0.131 e. The fourth-order valence-corrected chi connectivity index (χ4v) is 6.21. The van der Waals surface area contributed by atoms with Gasteiger partial charge in [0.25, 0.3) is 0 Å². The number of rotatable bonds is 6. The second-order valence-corrected chi connectivity index (χ2v) is 11.7. The highest BCUT2D eigenvalue weighted by Crippen LogP contribution is 2.29. The molecule has 0 atom stereocenters. The minimum atomic E-state index is -2.11. The summed E-state index contributed by atoms with van der Waals surface area (Å²) in [5.74, 6) is 0. The standard InChI is InChI=1S/C36H29N2OP/c37-33-5-1-3-31(23-33)29-11-7-25(8-12-29)27-15-19-35(20-16-27)40(39)36-21-17-28(18-22-36)26-9-13-30(14-10-26)32-4-2-6-34(38)24-32/h1-24,40H,37-38H2. The highest BCUT2D eigenvalue weighted by atomic mass is 31.1. The van der Waals surface area contributed by atoms with Gasteiger partial charge in [-0.15, -0.1) is 0 Å². The van der Waals surface area contributed by atoms with Gasteiger partial charge >= 0.3 is 0 Å². The summed E-state index contributed by atoms with van der Waals surface area (Å²) in [6, 6.07) is 48.7. The molecule has 6 rings (SSSR count). The number of hydrogen-bond donors (Lipinski definition) is 2. The molecule has 0 aromatic heterocycles. The van der Waals surface area contributed by atoms with Crippen LogP contribution in [-0.2, 0) is 4.57 Å². The first kappa shape index (κ1) is 25.4. The molecule has 40 heavy (non-hydrogen) atoms. The summed E-state index contributed by atoms with van der Waals surface area (Å²) in [6.45, 7) is 0. The molecule has 0 spiro atoms. The van der Waals surface area contributed by atoms with Gasteiger partial charge in [-0.2, -0.15) is 0 Å². The molecule has 0 fully saturated rings. The van der Waals surface area contributed by atoms with E-state index in [0.717, 1.165) is 66.5 Å². The maximum atomic E-state index is 13.4. The van der Waals surface area contributed by atoms with Gasteiger partial charge in [0.05, 0.1) is 0 Å². The average molecular weight is 537 g/mol. The summed E-state index contributed by atoms with van der Waals surface area (Å²) in [6.07, 6.45) is 0. The third kappa shape index (κ3) is 5.47. The Bertz CT molecular complexity index is 1660. The molecule has 0 aliphatic heterocycles. The van der Waals surface area contributed by atoms with Gasteiger partial charge in [0.1, 0.15) is 7.80 Å². The Morgan fingerprint density at radius 2 is 0.625 bits per heavy atom. The van der Waals surface area contributed by atoms with E-state index in [2.05, 4.69) is 60.7 Å². The zero-order valence-corrected chi connectivity index (χ0v) is 22.9. The van der Waals surface area contributed by atoms with Gasteiger partial charge in [0, 0.05) is 22.0 Å². The van der Waals surface area contributed by atoms with Gasteiger partial charge in [0.15, 0.2) is 0 Å². The van der Waals surface area contributed by atoms with Crippen molar-refractivity contribution in [2.45, 2.75) is 0 Å². The Hall–Kier alpha value is -4.85. The van der Waals surface area contributed by atoms with E-state index >= 15 is 0 Å². The van der Waals surface area contributed by atoms with Crippen LogP contribution in [0.5, 0.6) is 0 Å². The first-order valence-corrected chi connectivity index (χ1v) is 14.6. The summed E-state index contributed by atoms with van der Waals surface area (Å²) >= 11 is 0. The summed E-state index contributed by atoms with van der Waals surface area (Å²) < 4.78 is 13.4. The van der Waals surface area contributed by atoms with Crippen molar-refractivity contribution in [3.8, 4) is 44.5 Å². The van der Waals surface area contributed by atoms with E-state index in [9.17, 15) is 4.57 Å². The van der Waals surface area contributed by atoms with E-state index in [1.54, 1.807) is 0 Å². The fourth-order valence-electron chi connectivity index (χ4n) is 4.94. The number of anilines is 2. The number of hydrogen-bond acceptors (Lipinski definition) is 3. The quantitative estimate of drug-likeness (QED) is 0.167. The third-order valence-corrected chi connectivity index (χ3v) is 8.89. The van der Waals surface area contributed by atoms with E-state index in [-0.39, 0.29) is 0 Å². The molecule has 0 aliphatic rings. The third-order valence-electron chi connectivity index (χ3n) is 7.17. The lowest BCUT2D eigenvalue weighted by Crippen LogP contribution is -2.06. The van der Waals surface area contributed by atoms with Crippen molar-refractivity contribution in [1.82, 2.24) is 0 Å². The Labute approximate surface area is 235 Å². The Morgan fingerprint density at radius 1 is 0.350 bits per heavy atom. The zero-order chi connectivity index (χ0) is 27.5. The SMILES string of the molecule is Nc1cccc(-c2ccc(-c3ccc([PH](=O)c4ccc(-c5ccc(-c6cccc(N)c6)cc5)cc4)cc3)cc2)c1. The average Bonchev–Trinajstić information content (AvgIpc) is 3.01. The van der Waals surface area contributed by atoms with Crippen molar-refractivity contribution in [2.75, 3.05) is 11.5 Å². The molecule has 6 aromatic rings. The van der Waals surface area contributed by atoms with Gasteiger partial charge in [0.2, 0.25) is 0 Å². The van der Waals surface area contributed by atoms with Crippen LogP contribution in [0, 0.1) is 0 Å². The molecule has 0 unspecified atom stereocenters. The predicted octanol–water partition coefficient (Wildman–Crippen LogP) is 8.03. The molecule has 6 aromatic carbocycles. The Kier molecular flexibility index (Phi) is 7.06. The second kappa shape index (κ2) is 11.1. The minimum absolute atomic E-state index is 0.755. The molecule has 0 saturated carbocycles. The minimum Gasteiger partial charge on any atom is -0.399 e. The van der Waals surface area contributed by atoms with Crippen LogP contribution in [0.2, 0.25) is 0 Å². The number of nitrogen functional groups attached to an aromatic ring is 2. The van der Waals surface area contributed by atoms with Crippen LogP contribution in [0.25, 0.3) is 44.5 Å². The molecule has 0 saturated heterocycles. The zero-order valence-electron chi connectivity index (χ0n) is 21.9. The van der Waals surface area contributed by atoms with Crippen molar-refractivity contribution in [3.63, 3.8) is 0 Å². The Balaban J connectivity index is 1.15. The summed E-state index contributed by atoms with van der Waals surface area (Å²) in [5.41, 5.74) is 22.2. The van der Waals surface area contributed by atoms with E-state index in [0.29, 0.717) is 0 Å². The summed E-state index contributed by atoms with van der Waals surface area (Å²) in [5, 5.41) is 1.70. The van der Waals surface area contributed by atoms with Crippen LogP contribution >= 0.6 is 7.80 Å². The van der Waals surface area contributed by atoms with Gasteiger partial charge in [-0.25, -0.2) is 0 Å². The lowest BCUT2D eigenvalue weighted by Gasteiger charge is -2.09. The van der Waals surface area contributed by atoms with Crippen molar-refractivity contribution < 1.29 is 4.57 Å². The van der Waals surface area contributed by atoms with E-state index < -0.39 is 7.80 Å². The van der Waals surface area contributed by atoms with E-state index in [1.807, 2.05) is 84.9 Å². The lowest BCUT2D eigenvalue weighted by molar-refractivity contribution is 0.598. The molecule has 4 heteroatoms. The molecule has 3 nitrogen and oxygen atoms in total. The molecule has 0 heterocycles. The molecule has 0 aliphatic carbocycles. The van der Waals surface area contributed by atoms with Crippen molar-refractivity contribution in [2.24, 2.45) is 0 Å². The number of nitrogens with two attached hydrogens (primary N) is 2. The van der Waals surface area contributed by atoms with Crippen LogP contribution in [-0.4, -0.2) is 0 Å². The van der Waals surface area contributed by atoms with Crippen molar-refractivity contribution in [1.29, 1.82) is 0 Å². The van der Waals surface area contributed by atoms with Crippen LogP contribution in [0.4, 0.5) is 11.4 Å². The molecular formula is C36H29N2OP. The molecule has 0 radical (unpaired) electrons. The highest BCUT2D eigenvalue weighted by Gasteiger charge is 2.09. The van der Waals surface area contributed by atoms with Gasteiger partial charge in [-0.1, -0.05) is 121 Å². The van der Waals surface area contributed by atoms with Gasteiger partial charge < -0.3 is 16.0 Å². The Morgan fingerprint density at radius 3 is 0.925 bits per heavy atom. The first-order chi connectivity index (χ1) is 19.5. The molecule has 0 bridgehead atoms. The largest absolute Gasteiger partial charge is 0.399 e. The summed E-state index contributed by atoms with van der Waals surface area (Å²) in [7, 11) is -2.11. The second-order valence-electron chi connectivity index (χ2n) is 9.89. The monoisotopic (exact) mass is 536 g/mol. The van der Waals surface area contributed by atoms with Crippen molar-refractivity contribution in [3.05, 3.63) is 146 Å². The highest BCUT2D eigenvalue weighted by molar-refractivity contribution is 7.61. The van der Waals surface area contributed by atoms with Crippen molar-refractivity contribution >= 4 is 29.8 Å². The summed E-state index contributed by atoms with van der Waals surface area (Å²) in [4.78, 5) is 0. The first-order valence-electron chi connectivity index (χ1n) is 13.2. The van der Waals surface area contributed by atoms with E-state index in [1.165, 1.54) is 0 Å². The molecular weight excluding hydrogens is 507 g/mol.